The molecule has 80 valence electrons. The standard InChI is InChI=1S/C12H14BrNO/c1-7-6-11-10(8(2)12(7)13)4-5-14(11)9(3)15/h6H,4-5H2,1-3H3. The highest BCUT2D eigenvalue weighted by Gasteiger charge is 2.25. The summed E-state index contributed by atoms with van der Waals surface area (Å²) in [6, 6.07) is 2.10. The lowest BCUT2D eigenvalue weighted by molar-refractivity contribution is -0.116. The van der Waals surface area contributed by atoms with Crippen molar-refractivity contribution in [1.29, 1.82) is 0 Å². The van der Waals surface area contributed by atoms with Gasteiger partial charge in [0.15, 0.2) is 0 Å². The number of benzene rings is 1. The summed E-state index contributed by atoms with van der Waals surface area (Å²) in [5.41, 5.74) is 4.87. The Hall–Kier alpha value is -0.830. The van der Waals surface area contributed by atoms with E-state index < -0.39 is 0 Å². The fourth-order valence-electron chi connectivity index (χ4n) is 2.20. The van der Waals surface area contributed by atoms with Gasteiger partial charge in [-0.25, -0.2) is 0 Å². The molecule has 15 heavy (non-hydrogen) atoms. The summed E-state index contributed by atoms with van der Waals surface area (Å²) in [4.78, 5) is 13.3. The summed E-state index contributed by atoms with van der Waals surface area (Å²) in [5, 5.41) is 0. The normalized spacial score (nSPS) is 14.3. The number of amides is 1. The summed E-state index contributed by atoms with van der Waals surface area (Å²) in [6.07, 6.45) is 0.972. The molecule has 0 aromatic heterocycles. The number of halogens is 1. The van der Waals surface area contributed by atoms with Gasteiger partial charge in [0.2, 0.25) is 5.91 Å². The van der Waals surface area contributed by atoms with Crippen LogP contribution in [0.2, 0.25) is 0 Å². The van der Waals surface area contributed by atoms with E-state index in [0.29, 0.717) is 0 Å². The number of carbonyl (C=O) groups is 1. The number of hydrogen-bond donors (Lipinski definition) is 0. The molecule has 0 saturated carbocycles. The van der Waals surface area contributed by atoms with Crippen LogP contribution < -0.4 is 4.90 Å². The maximum absolute atomic E-state index is 11.4. The van der Waals surface area contributed by atoms with Crippen LogP contribution in [0.15, 0.2) is 10.5 Å². The Labute approximate surface area is 98.4 Å². The lowest BCUT2D eigenvalue weighted by atomic mass is 10.0. The molecule has 1 aliphatic heterocycles. The van der Waals surface area contributed by atoms with Gasteiger partial charge in [0, 0.05) is 23.6 Å². The van der Waals surface area contributed by atoms with Crippen molar-refractivity contribution < 1.29 is 4.79 Å². The van der Waals surface area contributed by atoms with Crippen LogP contribution in [0.25, 0.3) is 0 Å². The van der Waals surface area contributed by atoms with E-state index in [1.54, 1.807) is 6.92 Å². The number of aryl methyl sites for hydroxylation is 1. The van der Waals surface area contributed by atoms with Crippen LogP contribution in [0.4, 0.5) is 5.69 Å². The quantitative estimate of drug-likeness (QED) is 0.708. The second-order valence-electron chi connectivity index (χ2n) is 4.05. The van der Waals surface area contributed by atoms with Gasteiger partial charge in [-0.15, -0.1) is 0 Å². The van der Waals surface area contributed by atoms with Gasteiger partial charge >= 0.3 is 0 Å². The van der Waals surface area contributed by atoms with E-state index >= 15 is 0 Å². The predicted molar refractivity (Wildman–Crippen MR) is 65.3 cm³/mol. The number of fused-ring (bicyclic) bond motifs is 1. The van der Waals surface area contributed by atoms with Gasteiger partial charge in [0.05, 0.1) is 0 Å². The molecule has 0 bridgehead atoms. The van der Waals surface area contributed by atoms with E-state index in [-0.39, 0.29) is 5.91 Å². The van der Waals surface area contributed by atoms with E-state index in [9.17, 15) is 4.79 Å². The average Bonchev–Trinajstić information content (AvgIpc) is 2.58. The zero-order chi connectivity index (χ0) is 11.2. The summed E-state index contributed by atoms with van der Waals surface area (Å²) in [6.45, 7) is 6.62. The summed E-state index contributed by atoms with van der Waals surface area (Å²) in [5.74, 6) is 0.134. The predicted octanol–water partition coefficient (Wildman–Crippen LogP) is 2.97. The minimum Gasteiger partial charge on any atom is -0.312 e. The molecule has 1 aromatic carbocycles. The molecule has 0 radical (unpaired) electrons. The lowest BCUT2D eigenvalue weighted by Crippen LogP contribution is -2.25. The van der Waals surface area contributed by atoms with Crippen LogP contribution >= 0.6 is 15.9 Å². The van der Waals surface area contributed by atoms with Crippen molar-refractivity contribution in [3.05, 3.63) is 27.2 Å². The first kappa shape index (κ1) is 10.7. The maximum Gasteiger partial charge on any atom is 0.223 e. The lowest BCUT2D eigenvalue weighted by Gasteiger charge is -2.16. The Morgan fingerprint density at radius 2 is 2.13 bits per heavy atom. The minimum absolute atomic E-state index is 0.134. The van der Waals surface area contributed by atoms with Gasteiger partial charge in [-0.3, -0.25) is 4.79 Å². The van der Waals surface area contributed by atoms with Crippen molar-refractivity contribution in [1.82, 2.24) is 0 Å². The number of nitrogens with zero attached hydrogens (tertiary/aromatic N) is 1. The van der Waals surface area contributed by atoms with Crippen LogP contribution in [0, 0.1) is 13.8 Å². The third kappa shape index (κ3) is 1.59. The van der Waals surface area contributed by atoms with Crippen molar-refractivity contribution in [3.63, 3.8) is 0 Å². The van der Waals surface area contributed by atoms with E-state index in [4.69, 9.17) is 0 Å². The molecule has 2 rings (SSSR count). The highest BCUT2D eigenvalue weighted by Crippen LogP contribution is 2.36. The molecule has 0 unspecified atom stereocenters. The minimum atomic E-state index is 0.134. The van der Waals surface area contributed by atoms with Crippen LogP contribution in [-0.2, 0) is 11.2 Å². The number of hydrogen-bond acceptors (Lipinski definition) is 1. The zero-order valence-corrected chi connectivity index (χ0v) is 10.8. The van der Waals surface area contributed by atoms with Crippen molar-refractivity contribution >= 4 is 27.5 Å². The Morgan fingerprint density at radius 3 is 2.73 bits per heavy atom. The van der Waals surface area contributed by atoms with Crippen LogP contribution in [0.5, 0.6) is 0 Å². The number of rotatable bonds is 0. The number of carbonyl (C=O) groups excluding carboxylic acids is 1. The highest BCUT2D eigenvalue weighted by molar-refractivity contribution is 9.10. The van der Waals surface area contributed by atoms with E-state index in [1.165, 1.54) is 21.2 Å². The fraction of sp³-hybridized carbons (Fsp3) is 0.417. The first-order chi connectivity index (χ1) is 7.02. The average molecular weight is 268 g/mol. The van der Waals surface area contributed by atoms with E-state index in [2.05, 4.69) is 35.8 Å². The molecule has 0 aliphatic carbocycles. The molecule has 0 fully saturated rings. The van der Waals surface area contributed by atoms with Gasteiger partial charge in [-0.1, -0.05) is 15.9 Å². The molecule has 1 amide bonds. The van der Waals surface area contributed by atoms with Gasteiger partial charge in [0.1, 0.15) is 0 Å². The summed E-state index contributed by atoms with van der Waals surface area (Å²) >= 11 is 3.59. The second kappa shape index (κ2) is 3.63. The molecule has 1 aromatic rings. The molecule has 1 aliphatic rings. The molecular formula is C12H14BrNO. The number of anilines is 1. The van der Waals surface area contributed by atoms with Gasteiger partial charge < -0.3 is 4.90 Å². The van der Waals surface area contributed by atoms with E-state index in [0.717, 1.165) is 18.7 Å². The van der Waals surface area contributed by atoms with Crippen LogP contribution in [0.1, 0.15) is 23.6 Å². The van der Waals surface area contributed by atoms with Gasteiger partial charge in [0.25, 0.3) is 0 Å². The highest BCUT2D eigenvalue weighted by atomic mass is 79.9. The third-order valence-electron chi connectivity index (χ3n) is 3.05. The SMILES string of the molecule is CC(=O)N1CCc2c1cc(C)c(Br)c2C. The van der Waals surface area contributed by atoms with E-state index in [1.807, 2.05) is 4.90 Å². The summed E-state index contributed by atoms with van der Waals surface area (Å²) < 4.78 is 1.17. The third-order valence-corrected chi connectivity index (χ3v) is 4.27. The fourth-order valence-corrected chi connectivity index (χ4v) is 2.56. The monoisotopic (exact) mass is 267 g/mol. The largest absolute Gasteiger partial charge is 0.312 e. The molecule has 2 nitrogen and oxygen atoms in total. The Morgan fingerprint density at radius 1 is 1.47 bits per heavy atom. The Balaban J connectivity index is 2.60. The van der Waals surface area contributed by atoms with Crippen molar-refractivity contribution in [2.75, 3.05) is 11.4 Å². The zero-order valence-electron chi connectivity index (χ0n) is 9.22. The first-order valence-corrected chi connectivity index (χ1v) is 5.88. The second-order valence-corrected chi connectivity index (χ2v) is 4.84. The first-order valence-electron chi connectivity index (χ1n) is 5.09. The van der Waals surface area contributed by atoms with Crippen molar-refractivity contribution in [2.45, 2.75) is 27.2 Å². The maximum atomic E-state index is 11.4. The van der Waals surface area contributed by atoms with Crippen molar-refractivity contribution in [2.24, 2.45) is 0 Å². The Kier molecular flexibility index (Phi) is 2.59. The van der Waals surface area contributed by atoms with Crippen LogP contribution in [0.3, 0.4) is 0 Å². The molecule has 0 saturated heterocycles. The van der Waals surface area contributed by atoms with Gasteiger partial charge in [-0.05, 0) is 43.0 Å². The Bertz CT molecular complexity index is 440. The van der Waals surface area contributed by atoms with Gasteiger partial charge in [-0.2, -0.15) is 0 Å². The molecule has 3 heteroatoms. The van der Waals surface area contributed by atoms with Crippen LogP contribution in [-0.4, -0.2) is 12.5 Å². The molecule has 1 heterocycles. The molecule has 0 atom stereocenters. The smallest absolute Gasteiger partial charge is 0.223 e. The topological polar surface area (TPSA) is 20.3 Å². The molecule has 0 N–H and O–H groups in total. The summed E-state index contributed by atoms with van der Waals surface area (Å²) in [7, 11) is 0. The van der Waals surface area contributed by atoms with Crippen molar-refractivity contribution in [3.8, 4) is 0 Å². The molecule has 0 spiro atoms. The molecular weight excluding hydrogens is 254 g/mol.